The Morgan fingerprint density at radius 1 is 1.00 bits per heavy atom. The van der Waals surface area contributed by atoms with Crippen molar-refractivity contribution in [3.8, 4) is 5.69 Å². The van der Waals surface area contributed by atoms with Crippen LogP contribution in [0.2, 0.25) is 0 Å². The second kappa shape index (κ2) is 5.04. The van der Waals surface area contributed by atoms with Crippen LogP contribution < -0.4 is 5.73 Å². The lowest BCUT2D eigenvalue weighted by Crippen LogP contribution is -2.17. The number of imidazole rings is 1. The van der Waals surface area contributed by atoms with Crippen LogP contribution in [0.4, 0.5) is 0 Å². The largest absolute Gasteiger partial charge is 0.318 e. The second-order valence-corrected chi connectivity index (χ2v) is 4.26. The maximum absolute atomic E-state index is 6.28. The fraction of sp³-hybridized carbons (Fsp3) is 0.0667. The highest BCUT2D eigenvalue weighted by molar-refractivity contribution is 5.35. The number of aromatic nitrogens is 3. The maximum Gasteiger partial charge on any atom is 0.134 e. The smallest absolute Gasteiger partial charge is 0.134 e. The van der Waals surface area contributed by atoms with Gasteiger partial charge in [-0.1, -0.05) is 24.3 Å². The molecule has 3 aromatic rings. The predicted octanol–water partition coefficient (Wildman–Crippen LogP) is 2.32. The fourth-order valence-electron chi connectivity index (χ4n) is 2.06. The van der Waals surface area contributed by atoms with Crippen LogP contribution >= 0.6 is 0 Å². The molecule has 1 unspecified atom stereocenters. The molecule has 0 aliphatic heterocycles. The first-order chi connectivity index (χ1) is 9.36. The van der Waals surface area contributed by atoms with E-state index < -0.39 is 0 Å². The highest BCUT2D eigenvalue weighted by Crippen LogP contribution is 2.20. The molecule has 1 atom stereocenters. The summed E-state index contributed by atoms with van der Waals surface area (Å²) >= 11 is 0. The van der Waals surface area contributed by atoms with E-state index in [0.29, 0.717) is 0 Å². The number of hydrogen-bond acceptors (Lipinski definition) is 3. The molecule has 0 radical (unpaired) electrons. The van der Waals surface area contributed by atoms with E-state index in [9.17, 15) is 0 Å². The van der Waals surface area contributed by atoms with Crippen LogP contribution in [0.15, 0.2) is 67.3 Å². The van der Waals surface area contributed by atoms with Crippen LogP contribution in [0, 0.1) is 0 Å². The number of para-hydroxylation sites is 1. The topological polar surface area (TPSA) is 56.7 Å². The van der Waals surface area contributed by atoms with E-state index in [1.807, 2.05) is 53.2 Å². The van der Waals surface area contributed by atoms with E-state index in [2.05, 4.69) is 9.97 Å². The van der Waals surface area contributed by atoms with E-state index >= 15 is 0 Å². The number of rotatable bonds is 3. The van der Waals surface area contributed by atoms with Crippen molar-refractivity contribution >= 4 is 0 Å². The van der Waals surface area contributed by atoms with Gasteiger partial charge in [0.2, 0.25) is 0 Å². The van der Waals surface area contributed by atoms with Gasteiger partial charge in [-0.05, 0) is 23.8 Å². The number of pyridine rings is 1. The minimum Gasteiger partial charge on any atom is -0.318 e. The molecule has 0 saturated heterocycles. The van der Waals surface area contributed by atoms with Crippen LogP contribution in [-0.2, 0) is 0 Å². The Bertz CT molecular complexity index is 646. The summed E-state index contributed by atoms with van der Waals surface area (Å²) < 4.78 is 2.00. The van der Waals surface area contributed by atoms with Gasteiger partial charge in [-0.2, -0.15) is 0 Å². The third-order valence-corrected chi connectivity index (χ3v) is 3.03. The molecule has 2 N–H and O–H groups in total. The minimum atomic E-state index is -0.288. The van der Waals surface area contributed by atoms with Crippen molar-refractivity contribution in [2.45, 2.75) is 6.04 Å². The maximum atomic E-state index is 6.28. The van der Waals surface area contributed by atoms with Crippen molar-refractivity contribution < 1.29 is 0 Å². The van der Waals surface area contributed by atoms with E-state index in [4.69, 9.17) is 5.73 Å². The van der Waals surface area contributed by atoms with Gasteiger partial charge in [0, 0.05) is 30.5 Å². The van der Waals surface area contributed by atoms with Crippen molar-refractivity contribution in [1.29, 1.82) is 0 Å². The van der Waals surface area contributed by atoms with Gasteiger partial charge < -0.3 is 10.3 Å². The minimum absolute atomic E-state index is 0.288. The molecule has 1 aromatic carbocycles. The third kappa shape index (κ3) is 2.26. The monoisotopic (exact) mass is 250 g/mol. The summed E-state index contributed by atoms with van der Waals surface area (Å²) in [4.78, 5) is 8.48. The normalized spacial score (nSPS) is 12.3. The summed E-state index contributed by atoms with van der Waals surface area (Å²) in [5, 5.41) is 0. The Kier molecular flexibility index (Phi) is 3.08. The van der Waals surface area contributed by atoms with Gasteiger partial charge in [-0.15, -0.1) is 0 Å². The second-order valence-electron chi connectivity index (χ2n) is 4.26. The predicted molar refractivity (Wildman–Crippen MR) is 73.8 cm³/mol. The summed E-state index contributed by atoms with van der Waals surface area (Å²) in [7, 11) is 0. The highest BCUT2D eigenvalue weighted by Gasteiger charge is 2.15. The van der Waals surface area contributed by atoms with E-state index in [1.54, 1.807) is 18.6 Å². The van der Waals surface area contributed by atoms with Crippen molar-refractivity contribution in [3.63, 3.8) is 0 Å². The molecule has 2 heterocycles. The van der Waals surface area contributed by atoms with E-state index in [1.165, 1.54) is 0 Å². The first-order valence-electron chi connectivity index (χ1n) is 6.10. The van der Waals surface area contributed by atoms with Gasteiger partial charge in [0.25, 0.3) is 0 Å². The van der Waals surface area contributed by atoms with Gasteiger partial charge in [-0.25, -0.2) is 4.98 Å². The first-order valence-corrected chi connectivity index (χ1v) is 6.10. The molecule has 0 amide bonds. The van der Waals surface area contributed by atoms with Gasteiger partial charge >= 0.3 is 0 Å². The summed E-state index contributed by atoms with van der Waals surface area (Å²) in [5.41, 5.74) is 8.28. The standard InChI is InChI=1S/C15H14N4/c16-14(12-5-4-8-17-11-12)15-18-9-10-19(15)13-6-2-1-3-7-13/h1-11,14H,16H2. The number of nitrogens with zero attached hydrogens (tertiary/aromatic N) is 3. The Morgan fingerprint density at radius 2 is 1.84 bits per heavy atom. The van der Waals surface area contributed by atoms with E-state index in [0.717, 1.165) is 17.1 Å². The third-order valence-electron chi connectivity index (χ3n) is 3.03. The van der Waals surface area contributed by atoms with Gasteiger partial charge in [0.1, 0.15) is 5.82 Å². The van der Waals surface area contributed by atoms with Crippen molar-refractivity contribution in [2.24, 2.45) is 5.73 Å². The lowest BCUT2D eigenvalue weighted by Gasteiger charge is -2.14. The molecular weight excluding hydrogens is 236 g/mol. The summed E-state index contributed by atoms with van der Waals surface area (Å²) in [5.74, 6) is 0.805. The number of benzene rings is 1. The Morgan fingerprint density at radius 3 is 2.58 bits per heavy atom. The van der Waals surface area contributed by atoms with Crippen LogP contribution in [0.25, 0.3) is 5.69 Å². The molecule has 0 fully saturated rings. The zero-order valence-corrected chi connectivity index (χ0v) is 10.3. The molecule has 0 spiro atoms. The average Bonchev–Trinajstić information content (AvgIpc) is 2.98. The van der Waals surface area contributed by atoms with Crippen LogP contribution in [-0.4, -0.2) is 14.5 Å². The fourth-order valence-corrected chi connectivity index (χ4v) is 2.06. The zero-order valence-electron chi connectivity index (χ0n) is 10.3. The molecule has 3 rings (SSSR count). The summed E-state index contributed by atoms with van der Waals surface area (Å²) in [6, 6.07) is 13.6. The van der Waals surface area contributed by atoms with Gasteiger partial charge in [0.15, 0.2) is 0 Å². The lowest BCUT2D eigenvalue weighted by molar-refractivity contribution is 0.755. The Hall–Kier alpha value is -2.46. The number of hydrogen-bond donors (Lipinski definition) is 1. The lowest BCUT2D eigenvalue weighted by atomic mass is 10.1. The molecule has 4 nitrogen and oxygen atoms in total. The van der Waals surface area contributed by atoms with Crippen LogP contribution in [0.3, 0.4) is 0 Å². The molecular formula is C15H14N4. The van der Waals surface area contributed by atoms with Crippen molar-refractivity contribution in [2.75, 3.05) is 0 Å². The first kappa shape index (κ1) is 11.6. The molecule has 94 valence electrons. The zero-order chi connectivity index (χ0) is 13.1. The Labute approximate surface area is 111 Å². The molecule has 0 aliphatic carbocycles. The molecule has 0 saturated carbocycles. The molecule has 2 aromatic heterocycles. The van der Waals surface area contributed by atoms with Crippen LogP contribution in [0.5, 0.6) is 0 Å². The van der Waals surface area contributed by atoms with Gasteiger partial charge in [-0.3, -0.25) is 4.98 Å². The molecule has 0 aliphatic rings. The molecule has 19 heavy (non-hydrogen) atoms. The van der Waals surface area contributed by atoms with Crippen molar-refractivity contribution in [3.05, 3.63) is 78.6 Å². The summed E-state index contributed by atoms with van der Waals surface area (Å²) in [6.07, 6.45) is 7.19. The summed E-state index contributed by atoms with van der Waals surface area (Å²) in [6.45, 7) is 0. The van der Waals surface area contributed by atoms with E-state index in [-0.39, 0.29) is 6.04 Å². The number of nitrogens with two attached hydrogens (primary N) is 1. The average molecular weight is 250 g/mol. The quantitative estimate of drug-likeness (QED) is 0.776. The molecule has 4 heteroatoms. The Balaban J connectivity index is 2.01. The highest BCUT2D eigenvalue weighted by atomic mass is 15.1. The van der Waals surface area contributed by atoms with Gasteiger partial charge in [0.05, 0.1) is 6.04 Å². The SMILES string of the molecule is NC(c1cccnc1)c1nccn1-c1ccccc1. The van der Waals surface area contributed by atoms with Crippen molar-refractivity contribution in [1.82, 2.24) is 14.5 Å². The molecule has 0 bridgehead atoms. The van der Waals surface area contributed by atoms with Crippen LogP contribution in [0.1, 0.15) is 17.4 Å².